The maximum Gasteiger partial charge on any atom is 0.244 e. The number of fused-ring (bicyclic) bond motifs is 1. The van der Waals surface area contributed by atoms with Gasteiger partial charge in [-0.3, -0.25) is 4.79 Å². The van der Waals surface area contributed by atoms with E-state index >= 15 is 0 Å². The molecule has 2 heterocycles. The van der Waals surface area contributed by atoms with Crippen molar-refractivity contribution in [3.05, 3.63) is 65.2 Å². The van der Waals surface area contributed by atoms with Crippen molar-refractivity contribution in [1.29, 1.82) is 0 Å². The second kappa shape index (κ2) is 8.53. The van der Waals surface area contributed by atoms with Crippen LogP contribution in [0, 0.1) is 6.92 Å². The molecule has 1 unspecified atom stereocenters. The molecule has 1 saturated heterocycles. The summed E-state index contributed by atoms with van der Waals surface area (Å²) in [6.07, 6.45) is 1.94. The van der Waals surface area contributed by atoms with Crippen LogP contribution < -0.4 is 10.6 Å². The molecule has 1 atom stereocenters. The summed E-state index contributed by atoms with van der Waals surface area (Å²) in [5.41, 5.74) is 2.72. The summed E-state index contributed by atoms with van der Waals surface area (Å²) in [6.45, 7) is 10.7. The van der Waals surface area contributed by atoms with Crippen molar-refractivity contribution in [2.75, 3.05) is 0 Å². The van der Waals surface area contributed by atoms with E-state index in [2.05, 4.69) is 38.3 Å². The summed E-state index contributed by atoms with van der Waals surface area (Å²) in [5, 5.41) is 6.84. The first-order chi connectivity index (χ1) is 15.4. The van der Waals surface area contributed by atoms with Crippen LogP contribution in [-0.2, 0) is 27.8 Å². The van der Waals surface area contributed by atoms with Crippen molar-refractivity contribution in [2.24, 2.45) is 0 Å². The molecule has 4 rings (SSSR count). The van der Waals surface area contributed by atoms with Crippen molar-refractivity contribution in [2.45, 2.75) is 88.5 Å². The number of piperidine rings is 1. The van der Waals surface area contributed by atoms with Gasteiger partial charge >= 0.3 is 0 Å². The Hall–Kier alpha value is -2.22. The topological polar surface area (TPSA) is 78.5 Å². The van der Waals surface area contributed by atoms with Crippen molar-refractivity contribution in [3.63, 3.8) is 0 Å². The third-order valence-corrected chi connectivity index (χ3v) is 8.54. The summed E-state index contributed by atoms with van der Waals surface area (Å²) < 4.78 is 28.7. The zero-order valence-electron chi connectivity index (χ0n) is 20.2. The average Bonchev–Trinajstić information content (AvgIpc) is 2.70. The highest BCUT2D eigenvalue weighted by Crippen LogP contribution is 2.31. The fraction of sp³-hybridized carbons (Fsp3) is 0.500. The Morgan fingerprint density at radius 3 is 2.15 bits per heavy atom. The highest BCUT2D eigenvalue weighted by atomic mass is 32.2. The predicted molar refractivity (Wildman–Crippen MR) is 130 cm³/mol. The van der Waals surface area contributed by atoms with E-state index in [-0.39, 0.29) is 34.5 Å². The summed E-state index contributed by atoms with van der Waals surface area (Å²) >= 11 is 0. The summed E-state index contributed by atoms with van der Waals surface area (Å²) in [6, 6.07) is 13.8. The van der Waals surface area contributed by atoms with Gasteiger partial charge in [-0.05, 0) is 77.1 Å². The molecule has 0 saturated carbocycles. The lowest BCUT2D eigenvalue weighted by Gasteiger charge is -2.47. The normalized spacial score (nSPS) is 23.0. The molecule has 2 aliphatic heterocycles. The zero-order chi connectivity index (χ0) is 24.0. The highest BCUT2D eigenvalue weighted by Gasteiger charge is 2.42. The maximum absolute atomic E-state index is 13.7. The zero-order valence-corrected chi connectivity index (χ0v) is 21.0. The van der Waals surface area contributed by atoms with Crippen LogP contribution in [0.15, 0.2) is 53.4 Å². The Morgan fingerprint density at radius 1 is 0.970 bits per heavy atom. The number of benzene rings is 2. The molecule has 6 nitrogen and oxygen atoms in total. The molecule has 178 valence electrons. The molecule has 0 radical (unpaired) electrons. The number of hydrogen-bond donors (Lipinski definition) is 2. The molecule has 2 N–H and O–H groups in total. The van der Waals surface area contributed by atoms with E-state index in [0.717, 1.165) is 29.5 Å². The number of carbonyl (C=O) groups is 1. The SMILES string of the molecule is Cc1ccc(S(=O)(=O)N2Cc3ccccc3CC2C(=O)NC2CC(C)(C)NC(C)(C)C2)cc1. The van der Waals surface area contributed by atoms with Crippen molar-refractivity contribution >= 4 is 15.9 Å². The van der Waals surface area contributed by atoms with Crippen LogP contribution in [0.2, 0.25) is 0 Å². The molecule has 0 bridgehead atoms. The van der Waals surface area contributed by atoms with E-state index in [0.29, 0.717) is 6.42 Å². The second-order valence-corrected chi connectivity index (χ2v) is 12.7. The Balaban J connectivity index is 1.65. The van der Waals surface area contributed by atoms with Crippen molar-refractivity contribution in [3.8, 4) is 0 Å². The number of sulfonamides is 1. The molecule has 33 heavy (non-hydrogen) atoms. The molecule has 0 aromatic heterocycles. The minimum Gasteiger partial charge on any atom is -0.352 e. The van der Waals surface area contributed by atoms with Gasteiger partial charge in [0.1, 0.15) is 6.04 Å². The molecule has 1 amide bonds. The Kier molecular flexibility index (Phi) is 6.18. The van der Waals surface area contributed by atoms with Crippen LogP contribution in [0.4, 0.5) is 0 Å². The smallest absolute Gasteiger partial charge is 0.244 e. The van der Waals surface area contributed by atoms with Crippen LogP contribution in [0.5, 0.6) is 0 Å². The number of amides is 1. The van der Waals surface area contributed by atoms with E-state index in [1.54, 1.807) is 24.3 Å². The number of aryl methyl sites for hydroxylation is 1. The standard InChI is InChI=1S/C26H35N3O3S/c1-18-10-12-22(13-11-18)33(31,32)29-17-20-9-7-6-8-19(20)14-23(29)24(30)27-21-15-25(2,3)28-26(4,5)16-21/h6-13,21,23,28H,14-17H2,1-5H3,(H,27,30). The number of nitrogens with one attached hydrogen (secondary N) is 2. The maximum atomic E-state index is 13.7. The van der Waals surface area contributed by atoms with E-state index < -0.39 is 16.1 Å². The largest absolute Gasteiger partial charge is 0.352 e. The van der Waals surface area contributed by atoms with Gasteiger partial charge in [0.05, 0.1) is 4.90 Å². The quantitative estimate of drug-likeness (QED) is 0.718. The Bertz CT molecular complexity index is 1120. The first-order valence-electron chi connectivity index (χ1n) is 11.6. The molecular weight excluding hydrogens is 434 g/mol. The van der Waals surface area contributed by atoms with Gasteiger partial charge in [-0.1, -0.05) is 42.0 Å². The van der Waals surface area contributed by atoms with Gasteiger partial charge in [0.2, 0.25) is 15.9 Å². The van der Waals surface area contributed by atoms with Crippen LogP contribution in [0.1, 0.15) is 57.2 Å². The van der Waals surface area contributed by atoms with Gasteiger partial charge in [0.25, 0.3) is 0 Å². The van der Waals surface area contributed by atoms with Crippen LogP contribution in [0.3, 0.4) is 0 Å². The van der Waals surface area contributed by atoms with Gasteiger partial charge in [-0.25, -0.2) is 8.42 Å². The molecule has 0 aliphatic carbocycles. The Morgan fingerprint density at radius 2 is 1.55 bits per heavy atom. The first-order valence-corrected chi connectivity index (χ1v) is 13.1. The molecule has 7 heteroatoms. The number of hydrogen-bond acceptors (Lipinski definition) is 4. The van der Waals surface area contributed by atoms with Gasteiger partial charge in [0, 0.05) is 23.7 Å². The molecule has 2 aromatic rings. The molecule has 0 spiro atoms. The third kappa shape index (κ3) is 5.15. The number of nitrogens with zero attached hydrogens (tertiary/aromatic N) is 1. The summed E-state index contributed by atoms with van der Waals surface area (Å²) in [7, 11) is -3.84. The van der Waals surface area contributed by atoms with E-state index in [1.165, 1.54) is 4.31 Å². The van der Waals surface area contributed by atoms with Crippen LogP contribution in [0.25, 0.3) is 0 Å². The molecule has 1 fully saturated rings. The fourth-order valence-corrected chi connectivity index (χ4v) is 7.11. The summed E-state index contributed by atoms with van der Waals surface area (Å²) in [5.74, 6) is -0.223. The Labute approximate surface area is 197 Å². The van der Waals surface area contributed by atoms with Gasteiger partial charge in [0.15, 0.2) is 0 Å². The van der Waals surface area contributed by atoms with E-state index in [4.69, 9.17) is 0 Å². The number of rotatable bonds is 4. The van der Waals surface area contributed by atoms with Crippen LogP contribution >= 0.6 is 0 Å². The van der Waals surface area contributed by atoms with Gasteiger partial charge in [-0.2, -0.15) is 4.31 Å². The van der Waals surface area contributed by atoms with Crippen molar-refractivity contribution in [1.82, 2.24) is 14.9 Å². The lowest BCUT2D eigenvalue weighted by molar-refractivity contribution is -0.126. The highest BCUT2D eigenvalue weighted by molar-refractivity contribution is 7.89. The predicted octanol–water partition coefficient (Wildman–Crippen LogP) is 3.54. The van der Waals surface area contributed by atoms with Gasteiger partial charge in [-0.15, -0.1) is 0 Å². The average molecular weight is 470 g/mol. The lowest BCUT2D eigenvalue weighted by Crippen LogP contribution is -2.63. The second-order valence-electron chi connectivity index (χ2n) is 10.9. The minimum absolute atomic E-state index is 0.0233. The van der Waals surface area contributed by atoms with Crippen LogP contribution in [-0.4, -0.2) is 41.8 Å². The van der Waals surface area contributed by atoms with Crippen molar-refractivity contribution < 1.29 is 13.2 Å². The fourth-order valence-electron chi connectivity index (χ4n) is 5.54. The molecule has 2 aliphatic rings. The van der Waals surface area contributed by atoms with E-state index in [9.17, 15) is 13.2 Å². The summed E-state index contributed by atoms with van der Waals surface area (Å²) in [4.78, 5) is 13.8. The monoisotopic (exact) mass is 469 g/mol. The number of carbonyl (C=O) groups excluding carboxylic acids is 1. The third-order valence-electron chi connectivity index (χ3n) is 6.67. The molecule has 2 aromatic carbocycles. The first kappa shape index (κ1) is 23.9. The minimum atomic E-state index is -3.84. The lowest BCUT2D eigenvalue weighted by atomic mass is 9.79. The molecular formula is C26H35N3O3S. The van der Waals surface area contributed by atoms with E-state index in [1.807, 2.05) is 31.2 Å². The van der Waals surface area contributed by atoms with Gasteiger partial charge < -0.3 is 10.6 Å².